The van der Waals surface area contributed by atoms with E-state index in [1.165, 1.54) is 43.3 Å². The van der Waals surface area contributed by atoms with E-state index < -0.39 is 17.6 Å². The van der Waals surface area contributed by atoms with Gasteiger partial charge in [0, 0.05) is 11.1 Å². The molecule has 0 unspecified atom stereocenters. The number of hydrogen-bond acceptors (Lipinski definition) is 1. The minimum Gasteiger partial charge on any atom is -0.299 e. The highest BCUT2D eigenvalue weighted by Gasteiger charge is 2.24. The average Bonchev–Trinajstić information content (AvgIpc) is 2.34. The Hall–Kier alpha value is -2.03. The van der Waals surface area contributed by atoms with Crippen LogP contribution in [0, 0.1) is 11.6 Å². The van der Waals surface area contributed by atoms with Gasteiger partial charge in [-0.2, -0.15) is 0 Å². The molecule has 2 aromatic rings. The second-order valence-electron chi connectivity index (χ2n) is 4.09. The summed E-state index contributed by atoms with van der Waals surface area (Å²) in [5.41, 5.74) is 0.408. The quantitative estimate of drug-likeness (QED) is 0.807. The number of ketones is 1. The van der Waals surface area contributed by atoms with Gasteiger partial charge in [-0.3, -0.25) is 4.79 Å². The Labute approximate surface area is 104 Å². The monoisotopic (exact) mass is 246 g/mol. The molecule has 0 bridgehead atoms. The van der Waals surface area contributed by atoms with E-state index in [1.54, 1.807) is 12.1 Å². The zero-order valence-corrected chi connectivity index (χ0v) is 9.86. The molecule has 0 fully saturated rings. The van der Waals surface area contributed by atoms with Gasteiger partial charge in [0.25, 0.3) is 0 Å². The van der Waals surface area contributed by atoms with Crippen LogP contribution in [-0.4, -0.2) is 5.78 Å². The predicted octanol–water partition coefficient (Wildman–Crippen LogP) is 3.69. The molecule has 0 saturated carbocycles. The standard InChI is InChI=1S/C15H12F2O/c1-10(18)15(11-6-2-4-8-13(11)16)12-7-3-5-9-14(12)17/h2-9,15H,1H3. The Morgan fingerprint density at radius 3 is 1.61 bits per heavy atom. The Kier molecular flexibility index (Phi) is 3.51. The highest BCUT2D eigenvalue weighted by atomic mass is 19.1. The van der Waals surface area contributed by atoms with Crippen LogP contribution in [0.1, 0.15) is 24.0 Å². The molecular weight excluding hydrogens is 234 g/mol. The van der Waals surface area contributed by atoms with Gasteiger partial charge in [-0.15, -0.1) is 0 Å². The first-order valence-corrected chi connectivity index (χ1v) is 5.60. The summed E-state index contributed by atoms with van der Waals surface area (Å²) in [5.74, 6) is -2.18. The topological polar surface area (TPSA) is 17.1 Å². The Morgan fingerprint density at radius 1 is 0.889 bits per heavy atom. The minimum absolute atomic E-state index is 0.204. The van der Waals surface area contributed by atoms with Crippen LogP contribution in [0.4, 0.5) is 8.78 Å². The smallest absolute Gasteiger partial charge is 0.141 e. The lowest BCUT2D eigenvalue weighted by Gasteiger charge is -2.16. The lowest BCUT2D eigenvalue weighted by molar-refractivity contribution is -0.117. The maximum absolute atomic E-state index is 13.7. The molecule has 0 amide bonds. The lowest BCUT2D eigenvalue weighted by Crippen LogP contribution is -2.13. The van der Waals surface area contributed by atoms with E-state index in [-0.39, 0.29) is 16.9 Å². The third-order valence-corrected chi connectivity index (χ3v) is 2.84. The van der Waals surface area contributed by atoms with Gasteiger partial charge in [0.05, 0.1) is 5.92 Å². The number of Topliss-reactive ketones (excluding diaryl/α,β-unsaturated/α-hetero) is 1. The van der Waals surface area contributed by atoms with Crippen molar-refractivity contribution in [1.29, 1.82) is 0 Å². The van der Waals surface area contributed by atoms with Crippen LogP contribution in [0.15, 0.2) is 48.5 Å². The molecule has 0 radical (unpaired) electrons. The summed E-state index contributed by atoms with van der Waals surface area (Å²) in [5, 5.41) is 0. The zero-order valence-electron chi connectivity index (χ0n) is 9.86. The fourth-order valence-corrected chi connectivity index (χ4v) is 2.02. The van der Waals surface area contributed by atoms with Crippen molar-refractivity contribution in [2.45, 2.75) is 12.8 Å². The number of rotatable bonds is 3. The van der Waals surface area contributed by atoms with E-state index in [1.807, 2.05) is 0 Å². The highest BCUT2D eigenvalue weighted by molar-refractivity contribution is 5.87. The summed E-state index contributed by atoms with van der Waals surface area (Å²) in [6.07, 6.45) is 0. The van der Waals surface area contributed by atoms with Crippen LogP contribution < -0.4 is 0 Å². The van der Waals surface area contributed by atoms with E-state index in [9.17, 15) is 13.6 Å². The van der Waals surface area contributed by atoms with Crippen LogP contribution in [0.25, 0.3) is 0 Å². The van der Waals surface area contributed by atoms with Crippen molar-refractivity contribution in [2.24, 2.45) is 0 Å². The minimum atomic E-state index is -0.896. The summed E-state index contributed by atoms with van der Waals surface area (Å²) in [6.45, 7) is 1.34. The van der Waals surface area contributed by atoms with E-state index >= 15 is 0 Å². The summed E-state index contributed by atoms with van der Waals surface area (Å²) in [7, 11) is 0. The van der Waals surface area contributed by atoms with Crippen LogP contribution in [-0.2, 0) is 4.79 Å². The van der Waals surface area contributed by atoms with E-state index in [2.05, 4.69) is 0 Å². The van der Waals surface area contributed by atoms with Gasteiger partial charge in [0.2, 0.25) is 0 Å². The van der Waals surface area contributed by atoms with Crippen molar-refractivity contribution in [1.82, 2.24) is 0 Å². The van der Waals surface area contributed by atoms with Gasteiger partial charge in [0.15, 0.2) is 0 Å². The van der Waals surface area contributed by atoms with Crippen molar-refractivity contribution < 1.29 is 13.6 Å². The van der Waals surface area contributed by atoms with Gasteiger partial charge in [-0.05, 0) is 19.1 Å². The third-order valence-electron chi connectivity index (χ3n) is 2.84. The molecule has 18 heavy (non-hydrogen) atoms. The molecule has 0 saturated heterocycles. The van der Waals surface area contributed by atoms with Crippen molar-refractivity contribution in [3.8, 4) is 0 Å². The van der Waals surface area contributed by atoms with Gasteiger partial charge in [-0.25, -0.2) is 8.78 Å². The van der Waals surface area contributed by atoms with Crippen molar-refractivity contribution in [2.75, 3.05) is 0 Å². The molecule has 0 N–H and O–H groups in total. The van der Waals surface area contributed by atoms with E-state index in [4.69, 9.17) is 0 Å². The molecule has 3 heteroatoms. The molecule has 0 aliphatic rings. The predicted molar refractivity (Wildman–Crippen MR) is 65.3 cm³/mol. The van der Waals surface area contributed by atoms with Crippen LogP contribution >= 0.6 is 0 Å². The van der Waals surface area contributed by atoms with Gasteiger partial charge in [-0.1, -0.05) is 36.4 Å². The Balaban J connectivity index is 2.58. The zero-order chi connectivity index (χ0) is 13.1. The number of hydrogen-bond donors (Lipinski definition) is 0. The molecule has 1 nitrogen and oxygen atoms in total. The Morgan fingerprint density at radius 2 is 1.28 bits per heavy atom. The molecule has 0 heterocycles. The lowest BCUT2D eigenvalue weighted by atomic mass is 9.87. The van der Waals surface area contributed by atoms with Gasteiger partial charge in [0.1, 0.15) is 17.4 Å². The number of carbonyl (C=O) groups excluding carboxylic acids is 1. The normalized spacial score (nSPS) is 10.7. The summed E-state index contributed by atoms with van der Waals surface area (Å²) in [4.78, 5) is 11.7. The maximum atomic E-state index is 13.7. The van der Waals surface area contributed by atoms with Crippen LogP contribution in [0.3, 0.4) is 0 Å². The van der Waals surface area contributed by atoms with Crippen LogP contribution in [0.5, 0.6) is 0 Å². The molecule has 0 aliphatic carbocycles. The molecule has 0 aromatic heterocycles. The number of halogens is 2. The first-order valence-electron chi connectivity index (χ1n) is 5.60. The van der Waals surface area contributed by atoms with E-state index in [0.29, 0.717) is 0 Å². The fraction of sp³-hybridized carbons (Fsp3) is 0.133. The molecule has 0 aliphatic heterocycles. The second-order valence-corrected chi connectivity index (χ2v) is 4.09. The first-order chi connectivity index (χ1) is 8.61. The molecule has 2 aromatic carbocycles. The maximum Gasteiger partial charge on any atom is 0.141 e. The SMILES string of the molecule is CC(=O)C(c1ccccc1F)c1ccccc1F. The largest absolute Gasteiger partial charge is 0.299 e. The van der Waals surface area contributed by atoms with E-state index in [0.717, 1.165) is 0 Å². The summed E-state index contributed by atoms with van der Waals surface area (Å²) in [6, 6.07) is 11.9. The van der Waals surface area contributed by atoms with Crippen molar-refractivity contribution in [3.63, 3.8) is 0 Å². The molecule has 0 atom stereocenters. The first kappa shape index (κ1) is 12.4. The van der Waals surface area contributed by atoms with Gasteiger partial charge < -0.3 is 0 Å². The van der Waals surface area contributed by atoms with Crippen LogP contribution in [0.2, 0.25) is 0 Å². The van der Waals surface area contributed by atoms with Crippen molar-refractivity contribution in [3.05, 3.63) is 71.3 Å². The molecule has 92 valence electrons. The van der Waals surface area contributed by atoms with Crippen molar-refractivity contribution >= 4 is 5.78 Å². The second kappa shape index (κ2) is 5.08. The molecular formula is C15H12F2O. The molecule has 2 rings (SSSR count). The van der Waals surface area contributed by atoms with Gasteiger partial charge >= 0.3 is 0 Å². The summed E-state index contributed by atoms with van der Waals surface area (Å²) >= 11 is 0. The average molecular weight is 246 g/mol. The number of carbonyl (C=O) groups is 1. The fourth-order valence-electron chi connectivity index (χ4n) is 2.02. The number of benzene rings is 2. The Bertz CT molecular complexity index is 533. The highest BCUT2D eigenvalue weighted by Crippen LogP contribution is 2.29. The third kappa shape index (κ3) is 2.30. The molecule has 0 spiro atoms. The summed E-state index contributed by atoms with van der Waals surface area (Å²) < 4.78 is 27.5.